The molecule has 0 spiro atoms. The molecule has 0 bridgehead atoms. The van der Waals surface area contributed by atoms with Crippen molar-refractivity contribution in [3.63, 3.8) is 0 Å². The van der Waals surface area contributed by atoms with Gasteiger partial charge in [-0.15, -0.1) is 0 Å². The number of rotatable bonds is 3. The number of carbonyl (C=O) groups is 1. The Morgan fingerprint density at radius 2 is 2.38 bits per heavy atom. The van der Waals surface area contributed by atoms with Crippen LogP contribution in [0.2, 0.25) is 0 Å². The van der Waals surface area contributed by atoms with Crippen LogP contribution in [0.5, 0.6) is 0 Å². The number of carbonyl (C=O) groups excluding carboxylic acids is 2. The second-order valence-electron chi connectivity index (χ2n) is 1.23. The summed E-state index contributed by atoms with van der Waals surface area (Å²) in [4.78, 5) is 19.2. The van der Waals surface area contributed by atoms with Gasteiger partial charge in [0.25, 0.3) is 5.91 Å². The minimum absolute atomic E-state index is 0.400. The van der Waals surface area contributed by atoms with Crippen LogP contribution in [0.25, 0.3) is 0 Å². The summed E-state index contributed by atoms with van der Waals surface area (Å²) in [5.41, 5.74) is 6.22. The van der Waals surface area contributed by atoms with Crippen LogP contribution < -0.4 is 5.73 Å². The molecule has 4 nitrogen and oxygen atoms in total. The smallest absolute Gasteiger partial charge is 0.267 e. The molecule has 0 aliphatic carbocycles. The van der Waals surface area contributed by atoms with Gasteiger partial charge < -0.3 is 5.11 Å². The van der Waals surface area contributed by atoms with E-state index in [1.807, 2.05) is 0 Å². The summed E-state index contributed by atoms with van der Waals surface area (Å²) in [7, 11) is 0. The highest BCUT2D eigenvalue weighted by Crippen LogP contribution is 1.84. The van der Waals surface area contributed by atoms with Crippen molar-refractivity contribution in [1.29, 1.82) is 0 Å². The first-order valence-corrected chi connectivity index (χ1v) is 1.97. The van der Waals surface area contributed by atoms with Crippen molar-refractivity contribution in [3.8, 4) is 0 Å². The maximum absolute atomic E-state index is 9.77. The summed E-state index contributed by atoms with van der Waals surface area (Å²) in [5.74, 6) is -1.15. The monoisotopic (exact) mass is 115 g/mol. The third-order valence-electron chi connectivity index (χ3n) is 0.579. The van der Waals surface area contributed by atoms with Gasteiger partial charge in [0.15, 0.2) is 0 Å². The lowest BCUT2D eigenvalue weighted by Crippen LogP contribution is -2.20. The number of hydrogen-bond acceptors (Lipinski definition) is 3. The molecule has 0 aliphatic heterocycles. The molecule has 0 aromatic rings. The highest BCUT2D eigenvalue weighted by Gasteiger charge is 2.09. The van der Waals surface area contributed by atoms with E-state index in [0.29, 0.717) is 0 Å². The molecule has 0 saturated carbocycles. The van der Waals surface area contributed by atoms with Crippen molar-refractivity contribution < 1.29 is 14.7 Å². The van der Waals surface area contributed by atoms with Crippen LogP contribution in [-0.2, 0) is 9.59 Å². The van der Waals surface area contributed by atoms with Gasteiger partial charge in [0.05, 0.1) is 0 Å². The van der Waals surface area contributed by atoms with E-state index in [1.165, 1.54) is 6.29 Å². The standard InChI is InChI=1S/C4H5NO3/c5-4(8)3(7)1-2-6/h3,5,7H,1H2. The first kappa shape index (κ1) is 7.10. The molecule has 0 fully saturated rings. The van der Waals surface area contributed by atoms with Gasteiger partial charge in [0.1, 0.15) is 6.10 Å². The van der Waals surface area contributed by atoms with Gasteiger partial charge in [-0.05, 0) is 0 Å². The summed E-state index contributed by atoms with van der Waals surface area (Å²) in [6, 6.07) is 0. The molecule has 0 aromatic heterocycles. The Hall–Kier alpha value is -0.900. The number of amides is 1. The van der Waals surface area contributed by atoms with Crippen LogP contribution in [0.4, 0.5) is 0 Å². The highest BCUT2D eigenvalue weighted by atomic mass is 16.3. The van der Waals surface area contributed by atoms with Crippen LogP contribution in [-0.4, -0.2) is 23.4 Å². The van der Waals surface area contributed by atoms with E-state index in [9.17, 15) is 9.59 Å². The van der Waals surface area contributed by atoms with E-state index in [2.05, 4.69) is 0 Å². The molecule has 2 N–H and O–H groups in total. The Morgan fingerprint density at radius 1 is 1.88 bits per heavy atom. The minimum Gasteiger partial charge on any atom is -0.383 e. The Labute approximate surface area is 46.3 Å². The Bertz CT molecular complexity index is 101. The van der Waals surface area contributed by atoms with E-state index < -0.39 is 18.4 Å². The Balaban J connectivity index is 3.46. The number of hydrogen-bond donors (Lipinski definition) is 1. The van der Waals surface area contributed by atoms with Gasteiger partial charge in [0, 0.05) is 6.42 Å². The fraction of sp³-hybridized carbons (Fsp3) is 0.500. The van der Waals surface area contributed by atoms with Crippen LogP contribution >= 0.6 is 0 Å². The SMILES string of the molecule is [NH]C(=O)C(O)C[C]=O. The molecular formula is C4H5NO3. The molecule has 0 rings (SSSR count). The maximum atomic E-state index is 9.77. The van der Waals surface area contributed by atoms with E-state index in [0.717, 1.165) is 0 Å². The van der Waals surface area contributed by atoms with Gasteiger partial charge in [-0.2, -0.15) is 0 Å². The number of aliphatic hydroxyl groups is 1. The summed E-state index contributed by atoms with van der Waals surface area (Å²) >= 11 is 0. The van der Waals surface area contributed by atoms with Crippen molar-refractivity contribution in [2.75, 3.05) is 0 Å². The van der Waals surface area contributed by atoms with Gasteiger partial charge in [-0.25, -0.2) is 0 Å². The predicted octanol–water partition coefficient (Wildman–Crippen LogP) is -1.34. The van der Waals surface area contributed by atoms with E-state index in [4.69, 9.17) is 10.8 Å². The zero-order valence-corrected chi connectivity index (χ0v) is 4.05. The second kappa shape index (κ2) is 3.15. The minimum atomic E-state index is -1.48. The topological polar surface area (TPSA) is 78.2 Å². The van der Waals surface area contributed by atoms with E-state index in [1.54, 1.807) is 0 Å². The summed E-state index contributed by atoms with van der Waals surface area (Å²) in [6.45, 7) is 0. The number of nitrogens with one attached hydrogen (secondary N) is 1. The highest BCUT2D eigenvalue weighted by molar-refractivity contribution is 5.80. The molecule has 0 heterocycles. The molecule has 2 radical (unpaired) electrons. The lowest BCUT2D eigenvalue weighted by molar-refractivity contribution is -0.126. The zero-order valence-electron chi connectivity index (χ0n) is 4.05. The average Bonchev–Trinajstić information content (AvgIpc) is 1.67. The van der Waals surface area contributed by atoms with Crippen LogP contribution in [0.1, 0.15) is 6.42 Å². The average molecular weight is 115 g/mol. The quantitative estimate of drug-likeness (QED) is 0.494. The molecule has 8 heavy (non-hydrogen) atoms. The van der Waals surface area contributed by atoms with Crippen molar-refractivity contribution >= 4 is 12.2 Å². The predicted molar refractivity (Wildman–Crippen MR) is 24.4 cm³/mol. The maximum Gasteiger partial charge on any atom is 0.267 e. The first-order chi connectivity index (χ1) is 3.68. The third kappa shape index (κ3) is 2.30. The van der Waals surface area contributed by atoms with Gasteiger partial charge >= 0.3 is 0 Å². The normalized spacial score (nSPS) is 12.6. The fourth-order valence-corrected chi connectivity index (χ4v) is 0.172. The van der Waals surface area contributed by atoms with Crippen LogP contribution in [0.15, 0.2) is 0 Å². The molecule has 1 amide bonds. The van der Waals surface area contributed by atoms with Crippen molar-refractivity contribution in [1.82, 2.24) is 5.73 Å². The summed E-state index contributed by atoms with van der Waals surface area (Å²) in [5, 5.41) is 8.33. The lowest BCUT2D eigenvalue weighted by Gasteiger charge is -1.94. The lowest BCUT2D eigenvalue weighted by atomic mass is 10.3. The van der Waals surface area contributed by atoms with Crippen molar-refractivity contribution in [2.45, 2.75) is 12.5 Å². The van der Waals surface area contributed by atoms with E-state index >= 15 is 0 Å². The Morgan fingerprint density at radius 3 is 2.50 bits per heavy atom. The van der Waals surface area contributed by atoms with Gasteiger partial charge in [0.2, 0.25) is 6.29 Å². The van der Waals surface area contributed by atoms with Crippen LogP contribution in [0.3, 0.4) is 0 Å². The molecule has 1 atom stereocenters. The van der Waals surface area contributed by atoms with Crippen molar-refractivity contribution in [3.05, 3.63) is 0 Å². The third-order valence-corrected chi connectivity index (χ3v) is 0.579. The largest absolute Gasteiger partial charge is 0.383 e. The Kier molecular flexibility index (Phi) is 2.79. The summed E-state index contributed by atoms with van der Waals surface area (Å²) in [6.07, 6.45) is -0.572. The fourth-order valence-electron chi connectivity index (χ4n) is 0.172. The molecule has 1 unspecified atom stereocenters. The first-order valence-electron chi connectivity index (χ1n) is 1.97. The van der Waals surface area contributed by atoms with Gasteiger partial charge in [-0.1, -0.05) is 0 Å². The molecule has 0 aromatic carbocycles. The summed E-state index contributed by atoms with van der Waals surface area (Å²) < 4.78 is 0. The zero-order chi connectivity index (χ0) is 6.57. The molecule has 0 aliphatic rings. The molecule has 44 valence electrons. The molecule has 0 saturated heterocycles. The molecular weight excluding hydrogens is 110 g/mol. The second-order valence-corrected chi connectivity index (χ2v) is 1.23. The van der Waals surface area contributed by atoms with Gasteiger partial charge in [-0.3, -0.25) is 15.3 Å². The molecule has 4 heteroatoms. The van der Waals surface area contributed by atoms with E-state index in [-0.39, 0.29) is 0 Å². The van der Waals surface area contributed by atoms with Crippen LogP contribution in [0, 0.1) is 0 Å². The number of aliphatic hydroxyl groups excluding tert-OH is 1. The van der Waals surface area contributed by atoms with Crippen molar-refractivity contribution in [2.24, 2.45) is 0 Å².